The zero-order valence-corrected chi connectivity index (χ0v) is 27.5. The van der Waals surface area contributed by atoms with Gasteiger partial charge in [0.25, 0.3) is 0 Å². The van der Waals surface area contributed by atoms with Crippen LogP contribution in [-0.4, -0.2) is 41.4 Å². The Bertz CT molecular complexity index is 2190. The van der Waals surface area contributed by atoms with Crippen LogP contribution < -0.4 is 4.90 Å². The monoisotopic (exact) mass is 778 g/mol. The van der Waals surface area contributed by atoms with Gasteiger partial charge in [0.15, 0.2) is 51.4 Å². The van der Waals surface area contributed by atoms with Gasteiger partial charge in [-0.15, -0.1) is 0 Å². The summed E-state index contributed by atoms with van der Waals surface area (Å²) < 4.78 is 171. The summed E-state index contributed by atoms with van der Waals surface area (Å²) in [5.74, 6) is -31.5. The summed E-state index contributed by atoms with van der Waals surface area (Å²) in [5.41, 5.74) is -1.84. The third-order valence-corrected chi connectivity index (χ3v) is 10.5. The van der Waals surface area contributed by atoms with E-state index in [9.17, 15) is 72.1 Å². The largest absolute Gasteiger partial charge is 0.507 e. The standard InChI is InChI=1S/C34H24F10N2O6S/c35-23-20(24(36)26(38)27(39)25(23)37)13-45(53(51,52)33-31(43)29(41)28(40)30(42)32(33)44)14-22(48)46(18-8-9-19(34(49)50)21(47)11-18)12-15-4-3-7-17(10-15)16-5-1-2-6-16/h3-4,7-11,16,47H,1-2,5-6,12-14H2,(H,49,50). The molecule has 1 aliphatic carbocycles. The summed E-state index contributed by atoms with van der Waals surface area (Å²) in [5, 5.41) is 19.7. The molecule has 1 saturated carbocycles. The van der Waals surface area contributed by atoms with Crippen LogP contribution in [-0.2, 0) is 27.9 Å². The highest BCUT2D eigenvalue weighted by atomic mass is 32.2. The number of carboxylic acid groups (broad SMARTS) is 1. The maximum atomic E-state index is 14.9. The van der Waals surface area contributed by atoms with Gasteiger partial charge in [-0.05, 0) is 42.0 Å². The molecule has 0 heterocycles. The number of aromatic hydroxyl groups is 1. The first kappa shape index (κ1) is 39.0. The van der Waals surface area contributed by atoms with Gasteiger partial charge >= 0.3 is 5.97 Å². The van der Waals surface area contributed by atoms with Crippen LogP contribution in [0.3, 0.4) is 0 Å². The van der Waals surface area contributed by atoms with Crippen LogP contribution in [0.4, 0.5) is 49.6 Å². The fourth-order valence-electron chi connectivity index (χ4n) is 5.95. The van der Waals surface area contributed by atoms with Crippen molar-refractivity contribution in [3.05, 3.63) is 123 Å². The van der Waals surface area contributed by atoms with Gasteiger partial charge in [0, 0.05) is 23.9 Å². The highest BCUT2D eigenvalue weighted by Crippen LogP contribution is 2.36. The third-order valence-electron chi connectivity index (χ3n) is 8.66. The van der Waals surface area contributed by atoms with Crippen molar-refractivity contribution in [2.75, 3.05) is 11.4 Å². The first-order valence-electron chi connectivity index (χ1n) is 15.3. The van der Waals surface area contributed by atoms with E-state index in [1.54, 1.807) is 18.2 Å². The number of aromatic carboxylic acids is 1. The number of carbonyl (C=O) groups excluding carboxylic acids is 1. The first-order chi connectivity index (χ1) is 24.9. The number of phenols is 1. The number of sulfonamides is 1. The lowest BCUT2D eigenvalue weighted by molar-refractivity contribution is -0.119. The molecule has 8 nitrogen and oxygen atoms in total. The smallest absolute Gasteiger partial charge is 0.339 e. The SMILES string of the molecule is O=C(O)c1ccc(N(Cc2cccc(C3CCCC3)c2)C(=O)CN(Cc2c(F)c(F)c(F)c(F)c2F)S(=O)(=O)c2c(F)c(F)c(F)c(F)c2F)cc1O. The molecule has 0 unspecified atom stereocenters. The Kier molecular flexibility index (Phi) is 11.1. The molecule has 0 spiro atoms. The molecule has 0 saturated heterocycles. The van der Waals surface area contributed by atoms with Crippen molar-refractivity contribution < 1.29 is 72.1 Å². The summed E-state index contributed by atoms with van der Waals surface area (Å²) in [4.78, 5) is 23.6. The third kappa shape index (κ3) is 7.39. The summed E-state index contributed by atoms with van der Waals surface area (Å²) >= 11 is 0. The van der Waals surface area contributed by atoms with Gasteiger partial charge in [0.05, 0.1) is 13.1 Å². The minimum Gasteiger partial charge on any atom is -0.507 e. The lowest BCUT2D eigenvalue weighted by Gasteiger charge is -2.28. The van der Waals surface area contributed by atoms with Crippen LogP contribution in [0.15, 0.2) is 47.4 Å². The summed E-state index contributed by atoms with van der Waals surface area (Å²) in [7, 11) is -6.33. The van der Waals surface area contributed by atoms with E-state index in [4.69, 9.17) is 0 Å². The highest BCUT2D eigenvalue weighted by Gasteiger charge is 2.40. The summed E-state index contributed by atoms with van der Waals surface area (Å²) in [6.45, 7) is -4.46. The number of anilines is 1. The minimum atomic E-state index is -6.33. The molecule has 5 rings (SSSR count). The molecule has 4 aromatic carbocycles. The molecule has 0 radical (unpaired) electrons. The first-order valence-corrected chi connectivity index (χ1v) is 16.8. The maximum Gasteiger partial charge on any atom is 0.339 e. The highest BCUT2D eigenvalue weighted by molar-refractivity contribution is 7.89. The summed E-state index contributed by atoms with van der Waals surface area (Å²) in [6, 6.07) is 9.12. The average Bonchev–Trinajstić information content (AvgIpc) is 3.67. The van der Waals surface area contributed by atoms with Crippen molar-refractivity contribution in [1.82, 2.24) is 4.31 Å². The van der Waals surface area contributed by atoms with E-state index < -0.39 is 126 Å². The molecule has 1 aliphatic rings. The molecular formula is C34H24F10N2O6S. The van der Waals surface area contributed by atoms with E-state index in [0.29, 0.717) is 10.5 Å². The molecule has 0 atom stereocenters. The van der Waals surface area contributed by atoms with Gasteiger partial charge in [-0.1, -0.05) is 37.1 Å². The van der Waals surface area contributed by atoms with Crippen LogP contribution in [0, 0.1) is 58.2 Å². The number of benzene rings is 4. The van der Waals surface area contributed by atoms with E-state index >= 15 is 0 Å². The second kappa shape index (κ2) is 15.1. The Balaban J connectivity index is 1.66. The molecular weight excluding hydrogens is 754 g/mol. The van der Waals surface area contributed by atoms with Gasteiger partial charge in [-0.25, -0.2) is 57.1 Å². The Morgan fingerprint density at radius 3 is 1.75 bits per heavy atom. The normalized spacial score (nSPS) is 13.6. The molecule has 53 heavy (non-hydrogen) atoms. The molecule has 0 aromatic heterocycles. The van der Waals surface area contributed by atoms with E-state index in [2.05, 4.69) is 0 Å². The zero-order chi connectivity index (χ0) is 39.1. The van der Waals surface area contributed by atoms with E-state index in [-0.39, 0.29) is 11.6 Å². The second-order valence-electron chi connectivity index (χ2n) is 11.9. The Labute approximate surface area is 293 Å². The predicted molar refractivity (Wildman–Crippen MR) is 164 cm³/mol. The van der Waals surface area contributed by atoms with Crippen LogP contribution >= 0.6 is 0 Å². The molecule has 0 aliphatic heterocycles. The van der Waals surface area contributed by atoms with Crippen molar-refractivity contribution in [2.45, 2.75) is 49.6 Å². The van der Waals surface area contributed by atoms with Crippen molar-refractivity contribution >= 4 is 27.6 Å². The number of amides is 1. The van der Waals surface area contributed by atoms with Crippen molar-refractivity contribution in [2.24, 2.45) is 0 Å². The molecule has 1 amide bonds. The van der Waals surface area contributed by atoms with Gasteiger partial charge < -0.3 is 15.1 Å². The number of hydrogen-bond acceptors (Lipinski definition) is 5. The fourth-order valence-corrected chi connectivity index (χ4v) is 7.42. The Morgan fingerprint density at radius 2 is 1.23 bits per heavy atom. The topological polar surface area (TPSA) is 115 Å². The lowest BCUT2D eigenvalue weighted by atomic mass is 9.96. The van der Waals surface area contributed by atoms with Gasteiger partial charge in [0.1, 0.15) is 11.3 Å². The summed E-state index contributed by atoms with van der Waals surface area (Å²) in [6.07, 6.45) is 3.54. The molecule has 282 valence electrons. The lowest BCUT2D eigenvalue weighted by Crippen LogP contribution is -2.43. The number of carboxylic acids is 1. The van der Waals surface area contributed by atoms with E-state index in [1.807, 2.05) is 0 Å². The molecule has 4 aromatic rings. The van der Waals surface area contributed by atoms with Crippen molar-refractivity contribution in [3.8, 4) is 5.75 Å². The zero-order valence-electron chi connectivity index (χ0n) is 26.7. The van der Waals surface area contributed by atoms with Crippen LogP contribution in [0.5, 0.6) is 5.75 Å². The van der Waals surface area contributed by atoms with Crippen LogP contribution in [0.2, 0.25) is 0 Å². The molecule has 0 bridgehead atoms. The minimum absolute atomic E-state index is 0.126. The van der Waals surface area contributed by atoms with Crippen LogP contribution in [0.25, 0.3) is 0 Å². The molecule has 1 fully saturated rings. The quantitative estimate of drug-likeness (QED) is 0.0923. The molecule has 19 heteroatoms. The predicted octanol–water partition coefficient (Wildman–Crippen LogP) is 7.56. The van der Waals surface area contributed by atoms with Crippen molar-refractivity contribution in [1.29, 1.82) is 0 Å². The number of rotatable bonds is 11. The second-order valence-corrected chi connectivity index (χ2v) is 13.8. The van der Waals surface area contributed by atoms with Crippen molar-refractivity contribution in [3.63, 3.8) is 0 Å². The fraction of sp³-hybridized carbons (Fsp3) is 0.235. The molecule has 2 N–H and O–H groups in total. The average molecular weight is 779 g/mol. The number of carbonyl (C=O) groups is 2. The van der Waals surface area contributed by atoms with E-state index in [0.717, 1.165) is 49.4 Å². The number of hydrogen-bond donors (Lipinski definition) is 2. The van der Waals surface area contributed by atoms with Gasteiger partial charge in [-0.2, -0.15) is 4.31 Å². The van der Waals surface area contributed by atoms with Gasteiger partial charge in [0.2, 0.25) is 27.6 Å². The van der Waals surface area contributed by atoms with Crippen LogP contribution in [0.1, 0.15) is 58.6 Å². The Hall–Kier alpha value is -5.17. The number of halogens is 10. The Morgan fingerprint density at radius 1 is 0.698 bits per heavy atom. The van der Waals surface area contributed by atoms with Gasteiger partial charge in [-0.3, -0.25) is 4.79 Å². The van der Waals surface area contributed by atoms with E-state index in [1.165, 1.54) is 6.07 Å². The maximum absolute atomic E-state index is 14.9. The number of nitrogens with zero attached hydrogens (tertiary/aromatic N) is 2.